The Labute approximate surface area is 240 Å². The Hall–Kier alpha value is -3.92. The summed E-state index contributed by atoms with van der Waals surface area (Å²) in [6.45, 7) is 0.559. The number of nitrogens with zero attached hydrogens (tertiary/aromatic N) is 2. The molecule has 0 N–H and O–H groups in total. The number of hydrogen-bond donors (Lipinski definition) is 0. The molecule has 2 aliphatic heterocycles. The van der Waals surface area contributed by atoms with E-state index >= 15 is 0 Å². The van der Waals surface area contributed by atoms with Crippen LogP contribution < -0.4 is 19.1 Å². The fraction of sp³-hybridized carbons (Fsp3) is 0.333. The summed E-state index contributed by atoms with van der Waals surface area (Å²) in [5, 5.41) is 0.504. The molecule has 2 saturated heterocycles. The third kappa shape index (κ3) is 4.94. The zero-order valence-corrected chi connectivity index (χ0v) is 23.4. The van der Waals surface area contributed by atoms with Crippen molar-refractivity contribution in [3.63, 3.8) is 0 Å². The molecule has 1 atom stereocenters. The van der Waals surface area contributed by atoms with Crippen LogP contribution in [0.5, 0.6) is 17.2 Å². The van der Waals surface area contributed by atoms with Gasteiger partial charge in [0, 0.05) is 29.4 Å². The zero-order chi connectivity index (χ0) is 29.5. The van der Waals surface area contributed by atoms with Gasteiger partial charge in [-0.1, -0.05) is 29.8 Å². The second-order valence-corrected chi connectivity index (χ2v) is 10.5. The molecule has 0 radical (unpaired) electrons. The van der Waals surface area contributed by atoms with Crippen LogP contribution in [0.15, 0.2) is 60.7 Å². The summed E-state index contributed by atoms with van der Waals surface area (Å²) in [5.41, 5.74) is -0.435. The standard InChI is InChI=1S/C30H28ClF3N2O5/c1-39-23-15-19(16-24(40-2)25(23)41-3)27(37)35-13-11-29(12-14-35)26(18-7-9-21(31)10-8-18)36(28(29)38)22-6-4-5-20(17-22)30(32,33)34/h4-10,15-17,26H,11-14H2,1-3H3. The van der Waals surface area contributed by atoms with Crippen molar-refractivity contribution in [3.05, 3.63) is 82.4 Å². The molecule has 2 aliphatic rings. The van der Waals surface area contributed by atoms with Crippen molar-refractivity contribution in [1.29, 1.82) is 0 Å². The summed E-state index contributed by atoms with van der Waals surface area (Å²) in [7, 11) is 4.40. The number of halogens is 4. The van der Waals surface area contributed by atoms with Gasteiger partial charge in [-0.15, -0.1) is 0 Å². The minimum Gasteiger partial charge on any atom is -0.493 e. The van der Waals surface area contributed by atoms with Gasteiger partial charge in [0.2, 0.25) is 11.7 Å². The highest BCUT2D eigenvalue weighted by molar-refractivity contribution is 6.30. The highest BCUT2D eigenvalue weighted by atomic mass is 35.5. The number of amides is 2. The number of β-lactam (4-membered cyclic amide) rings is 1. The largest absolute Gasteiger partial charge is 0.493 e. The molecule has 0 saturated carbocycles. The SMILES string of the molecule is COc1cc(C(=O)N2CCC3(CC2)C(=O)N(c2cccc(C(F)(F)F)c2)C3c2ccc(Cl)cc2)cc(OC)c1OC. The summed E-state index contributed by atoms with van der Waals surface area (Å²) >= 11 is 6.11. The van der Waals surface area contributed by atoms with Crippen molar-refractivity contribution >= 4 is 29.1 Å². The predicted octanol–water partition coefficient (Wildman–Crippen LogP) is 6.40. The quantitative estimate of drug-likeness (QED) is 0.312. The van der Waals surface area contributed by atoms with E-state index in [1.54, 1.807) is 41.3 Å². The monoisotopic (exact) mass is 588 g/mol. The highest BCUT2D eigenvalue weighted by Crippen LogP contribution is 2.58. The van der Waals surface area contributed by atoms with E-state index in [1.807, 2.05) is 0 Å². The van der Waals surface area contributed by atoms with Crippen molar-refractivity contribution in [3.8, 4) is 17.2 Å². The molecule has 3 aromatic carbocycles. The molecule has 2 amide bonds. The highest BCUT2D eigenvalue weighted by Gasteiger charge is 2.62. The number of carbonyl (C=O) groups is 2. The number of benzene rings is 3. The summed E-state index contributed by atoms with van der Waals surface area (Å²) in [6.07, 6.45) is -3.87. The van der Waals surface area contributed by atoms with Crippen molar-refractivity contribution in [2.24, 2.45) is 5.41 Å². The Morgan fingerprint density at radius 2 is 1.54 bits per heavy atom. The summed E-state index contributed by atoms with van der Waals surface area (Å²) in [4.78, 5) is 30.4. The van der Waals surface area contributed by atoms with E-state index in [2.05, 4.69) is 0 Å². The number of hydrogen-bond acceptors (Lipinski definition) is 5. The van der Waals surface area contributed by atoms with Crippen LogP contribution in [0.25, 0.3) is 0 Å². The zero-order valence-electron chi connectivity index (χ0n) is 22.6. The van der Waals surface area contributed by atoms with Gasteiger partial charge >= 0.3 is 6.18 Å². The molecular formula is C30H28ClF3N2O5. The minimum absolute atomic E-state index is 0.173. The van der Waals surface area contributed by atoms with E-state index in [0.29, 0.717) is 40.7 Å². The van der Waals surface area contributed by atoms with Crippen molar-refractivity contribution in [2.45, 2.75) is 25.1 Å². The maximum absolute atomic E-state index is 13.8. The normalized spacial score (nSPS) is 18.2. The van der Waals surface area contributed by atoms with Gasteiger partial charge in [0.05, 0.1) is 38.3 Å². The Bertz CT molecular complexity index is 1440. The van der Waals surface area contributed by atoms with E-state index in [0.717, 1.165) is 17.7 Å². The lowest BCUT2D eigenvalue weighted by Crippen LogP contribution is -2.67. The molecular weight excluding hydrogens is 561 g/mol. The Balaban J connectivity index is 1.44. The van der Waals surface area contributed by atoms with Crippen LogP contribution in [0, 0.1) is 5.41 Å². The number of methoxy groups -OCH3 is 3. The fourth-order valence-electron chi connectivity index (χ4n) is 5.85. The smallest absolute Gasteiger partial charge is 0.416 e. The van der Waals surface area contributed by atoms with Crippen molar-refractivity contribution in [1.82, 2.24) is 4.90 Å². The van der Waals surface area contributed by atoms with Crippen molar-refractivity contribution in [2.75, 3.05) is 39.3 Å². The number of carbonyl (C=O) groups excluding carboxylic acids is 2. The van der Waals surface area contributed by atoms with E-state index < -0.39 is 23.2 Å². The van der Waals surface area contributed by atoms with Gasteiger partial charge in [-0.25, -0.2) is 0 Å². The van der Waals surface area contributed by atoms with Crippen LogP contribution in [-0.4, -0.2) is 51.1 Å². The first-order valence-corrected chi connectivity index (χ1v) is 13.3. The molecule has 2 heterocycles. The van der Waals surface area contributed by atoms with Crippen LogP contribution in [-0.2, 0) is 11.0 Å². The molecule has 1 spiro atoms. The number of piperidine rings is 1. The maximum atomic E-state index is 13.8. The van der Waals surface area contributed by atoms with Gasteiger partial charge in [0.25, 0.3) is 5.91 Å². The first-order chi connectivity index (χ1) is 19.5. The average molecular weight is 589 g/mol. The molecule has 216 valence electrons. The van der Waals surface area contributed by atoms with Crippen LogP contribution in [0.4, 0.5) is 18.9 Å². The van der Waals surface area contributed by atoms with Gasteiger partial charge in [-0.05, 0) is 60.9 Å². The summed E-state index contributed by atoms with van der Waals surface area (Å²) < 4.78 is 56.5. The first kappa shape index (κ1) is 28.6. The number of ether oxygens (including phenoxy) is 3. The van der Waals surface area contributed by atoms with E-state index in [9.17, 15) is 22.8 Å². The third-order valence-electron chi connectivity index (χ3n) is 7.92. The second-order valence-electron chi connectivity index (χ2n) is 10.0. The Kier molecular flexibility index (Phi) is 7.54. The van der Waals surface area contributed by atoms with Crippen LogP contribution in [0.1, 0.15) is 40.4 Å². The lowest BCUT2D eigenvalue weighted by Gasteiger charge is -2.59. The van der Waals surface area contributed by atoms with Crippen LogP contribution in [0.3, 0.4) is 0 Å². The van der Waals surface area contributed by atoms with Crippen molar-refractivity contribution < 1.29 is 37.0 Å². The number of anilines is 1. The Morgan fingerprint density at radius 1 is 0.927 bits per heavy atom. The molecule has 3 aromatic rings. The maximum Gasteiger partial charge on any atom is 0.416 e. The number of rotatable bonds is 6. The van der Waals surface area contributed by atoms with Gasteiger partial charge in [0.15, 0.2) is 11.5 Å². The van der Waals surface area contributed by atoms with Gasteiger partial charge in [-0.3, -0.25) is 9.59 Å². The number of likely N-dealkylation sites (tertiary alicyclic amines) is 1. The first-order valence-electron chi connectivity index (χ1n) is 12.9. The molecule has 2 fully saturated rings. The van der Waals surface area contributed by atoms with Gasteiger partial charge < -0.3 is 24.0 Å². The molecule has 0 bridgehead atoms. The molecule has 7 nitrogen and oxygen atoms in total. The van der Waals surface area contributed by atoms with Gasteiger partial charge in [-0.2, -0.15) is 13.2 Å². The fourth-order valence-corrected chi connectivity index (χ4v) is 5.98. The van der Waals surface area contributed by atoms with Crippen LogP contribution >= 0.6 is 11.6 Å². The molecule has 5 rings (SSSR count). The van der Waals surface area contributed by atoms with E-state index in [4.69, 9.17) is 25.8 Å². The molecule has 41 heavy (non-hydrogen) atoms. The molecule has 0 aromatic heterocycles. The van der Waals surface area contributed by atoms with E-state index in [1.165, 1.54) is 38.4 Å². The predicted molar refractivity (Wildman–Crippen MR) is 147 cm³/mol. The van der Waals surface area contributed by atoms with E-state index in [-0.39, 0.29) is 30.6 Å². The minimum atomic E-state index is -4.55. The molecule has 11 heteroatoms. The molecule has 1 unspecified atom stereocenters. The number of alkyl halides is 3. The topological polar surface area (TPSA) is 68.3 Å². The van der Waals surface area contributed by atoms with Gasteiger partial charge in [0.1, 0.15) is 0 Å². The summed E-state index contributed by atoms with van der Waals surface area (Å²) in [5.74, 6) is 0.528. The second kappa shape index (κ2) is 10.8. The lowest BCUT2D eigenvalue weighted by atomic mass is 9.62. The average Bonchev–Trinajstić information content (AvgIpc) is 2.98. The summed E-state index contributed by atoms with van der Waals surface area (Å²) in [6, 6.07) is 14.4. The third-order valence-corrected chi connectivity index (χ3v) is 8.17. The molecule has 0 aliphatic carbocycles. The Morgan fingerprint density at radius 3 is 2.07 bits per heavy atom. The van der Waals surface area contributed by atoms with Crippen LogP contribution in [0.2, 0.25) is 5.02 Å². The lowest BCUT2D eigenvalue weighted by molar-refractivity contribution is -0.144.